The molecule has 0 aliphatic rings. The molecule has 0 aromatic heterocycles. The predicted molar refractivity (Wildman–Crippen MR) is 78.7 cm³/mol. The molecule has 2 aromatic carbocycles. The van der Waals surface area contributed by atoms with Crippen LogP contribution in [0.2, 0.25) is 5.02 Å². The van der Waals surface area contributed by atoms with Gasteiger partial charge in [0.25, 0.3) is 0 Å². The molecule has 0 saturated carbocycles. The summed E-state index contributed by atoms with van der Waals surface area (Å²) in [6.07, 6.45) is 0. The summed E-state index contributed by atoms with van der Waals surface area (Å²) in [5, 5.41) is 3.81. The zero-order chi connectivity index (χ0) is 13.8. The van der Waals surface area contributed by atoms with Crippen molar-refractivity contribution in [1.82, 2.24) is 0 Å². The summed E-state index contributed by atoms with van der Waals surface area (Å²) in [4.78, 5) is 0. The second-order valence-electron chi connectivity index (χ2n) is 3.89. The molecule has 0 heterocycles. The van der Waals surface area contributed by atoms with Gasteiger partial charge in [-0.15, -0.1) is 0 Å². The maximum atomic E-state index is 6.01. The quantitative estimate of drug-likeness (QED) is 0.838. The van der Waals surface area contributed by atoms with E-state index in [1.165, 1.54) is 0 Å². The molecule has 2 aromatic rings. The lowest BCUT2D eigenvalue weighted by atomic mass is 10.2. The van der Waals surface area contributed by atoms with Gasteiger partial charge in [0, 0.05) is 5.02 Å². The summed E-state index contributed by atoms with van der Waals surface area (Å²) in [5.74, 6) is 1.30. The molecule has 5 heteroatoms. The summed E-state index contributed by atoms with van der Waals surface area (Å²) in [7, 11) is 3.18. The molecule has 0 atom stereocenters. The third-order valence-corrected chi connectivity index (χ3v) is 2.95. The van der Waals surface area contributed by atoms with Crippen LogP contribution in [-0.2, 0) is 0 Å². The highest BCUT2D eigenvalue weighted by Gasteiger charge is 2.09. The van der Waals surface area contributed by atoms with Gasteiger partial charge in [-0.2, -0.15) is 0 Å². The average Bonchev–Trinajstić information content (AvgIpc) is 2.41. The molecule has 3 N–H and O–H groups in total. The van der Waals surface area contributed by atoms with Crippen molar-refractivity contribution in [2.24, 2.45) is 0 Å². The van der Waals surface area contributed by atoms with Crippen molar-refractivity contribution in [3.05, 3.63) is 41.4 Å². The van der Waals surface area contributed by atoms with E-state index >= 15 is 0 Å². The maximum absolute atomic E-state index is 6.01. The minimum Gasteiger partial charge on any atom is -0.495 e. The van der Waals surface area contributed by atoms with Crippen LogP contribution in [0.3, 0.4) is 0 Å². The number of ether oxygens (including phenoxy) is 2. The van der Waals surface area contributed by atoms with Crippen molar-refractivity contribution < 1.29 is 9.47 Å². The Balaban J connectivity index is 2.38. The number of anilines is 3. The molecule has 4 nitrogen and oxygen atoms in total. The number of nitrogens with two attached hydrogens (primary N) is 1. The smallest absolute Gasteiger partial charge is 0.143 e. The molecular weight excluding hydrogens is 264 g/mol. The first-order valence-electron chi connectivity index (χ1n) is 5.68. The van der Waals surface area contributed by atoms with E-state index in [9.17, 15) is 0 Å². The first-order valence-corrected chi connectivity index (χ1v) is 6.06. The molecular formula is C14H15ClN2O2. The van der Waals surface area contributed by atoms with E-state index in [1.54, 1.807) is 38.5 Å². The van der Waals surface area contributed by atoms with Crippen LogP contribution in [0.15, 0.2) is 36.4 Å². The fourth-order valence-corrected chi connectivity index (χ4v) is 1.93. The van der Waals surface area contributed by atoms with E-state index < -0.39 is 0 Å². The Morgan fingerprint density at radius 1 is 1.00 bits per heavy atom. The van der Waals surface area contributed by atoms with Crippen molar-refractivity contribution in [3.8, 4) is 11.5 Å². The van der Waals surface area contributed by atoms with Gasteiger partial charge < -0.3 is 20.5 Å². The Kier molecular flexibility index (Phi) is 4.02. The van der Waals surface area contributed by atoms with Crippen LogP contribution < -0.4 is 20.5 Å². The van der Waals surface area contributed by atoms with Crippen LogP contribution in [-0.4, -0.2) is 14.2 Å². The Hall–Kier alpha value is -2.07. The summed E-state index contributed by atoms with van der Waals surface area (Å²) in [6, 6.07) is 10.9. The lowest BCUT2D eigenvalue weighted by Crippen LogP contribution is -2.00. The zero-order valence-electron chi connectivity index (χ0n) is 10.7. The molecule has 0 fully saturated rings. The standard InChI is InChI=1S/C14H15ClN2O2/c1-18-12-7-6-9(15)8-11(12)17-10-4-3-5-13(19-2)14(10)16/h3-8,17H,16H2,1-2H3. The Morgan fingerprint density at radius 2 is 1.74 bits per heavy atom. The number of nitrogens with one attached hydrogen (secondary N) is 1. The van der Waals surface area contributed by atoms with Gasteiger partial charge >= 0.3 is 0 Å². The first-order chi connectivity index (χ1) is 9.15. The number of hydrogen-bond donors (Lipinski definition) is 2. The fraction of sp³-hybridized carbons (Fsp3) is 0.143. The predicted octanol–water partition coefficient (Wildman–Crippen LogP) is 3.68. The lowest BCUT2D eigenvalue weighted by Gasteiger charge is -2.14. The second-order valence-corrected chi connectivity index (χ2v) is 4.33. The van der Waals surface area contributed by atoms with Crippen molar-refractivity contribution >= 4 is 28.7 Å². The largest absolute Gasteiger partial charge is 0.495 e. The van der Waals surface area contributed by atoms with E-state index in [-0.39, 0.29) is 0 Å². The van der Waals surface area contributed by atoms with Gasteiger partial charge in [0.05, 0.1) is 31.3 Å². The van der Waals surface area contributed by atoms with Gasteiger partial charge in [0.15, 0.2) is 0 Å². The van der Waals surface area contributed by atoms with Crippen LogP contribution >= 0.6 is 11.6 Å². The van der Waals surface area contributed by atoms with E-state index in [4.69, 9.17) is 26.8 Å². The number of halogens is 1. The molecule has 0 aliphatic carbocycles. The van der Waals surface area contributed by atoms with Crippen LogP contribution in [0.1, 0.15) is 0 Å². The molecule has 2 rings (SSSR count). The highest BCUT2D eigenvalue weighted by molar-refractivity contribution is 6.31. The summed E-state index contributed by atoms with van der Waals surface area (Å²) in [5.41, 5.74) is 8.03. The number of nitrogen functional groups attached to an aromatic ring is 1. The Labute approximate surface area is 117 Å². The van der Waals surface area contributed by atoms with Gasteiger partial charge in [-0.3, -0.25) is 0 Å². The topological polar surface area (TPSA) is 56.5 Å². The normalized spacial score (nSPS) is 10.1. The van der Waals surface area contributed by atoms with Crippen LogP contribution in [0.25, 0.3) is 0 Å². The summed E-state index contributed by atoms with van der Waals surface area (Å²) >= 11 is 5.99. The highest BCUT2D eigenvalue weighted by atomic mass is 35.5. The van der Waals surface area contributed by atoms with Crippen LogP contribution in [0.4, 0.5) is 17.1 Å². The zero-order valence-corrected chi connectivity index (χ0v) is 11.5. The van der Waals surface area contributed by atoms with Crippen molar-refractivity contribution in [2.45, 2.75) is 0 Å². The molecule has 100 valence electrons. The Bertz CT molecular complexity index is 588. The molecule has 19 heavy (non-hydrogen) atoms. The van der Waals surface area contributed by atoms with Gasteiger partial charge in [0.1, 0.15) is 11.5 Å². The van der Waals surface area contributed by atoms with Crippen molar-refractivity contribution in [2.75, 3.05) is 25.3 Å². The van der Waals surface area contributed by atoms with Crippen LogP contribution in [0, 0.1) is 0 Å². The maximum Gasteiger partial charge on any atom is 0.143 e. The SMILES string of the molecule is COc1ccc(Cl)cc1Nc1cccc(OC)c1N. The van der Waals surface area contributed by atoms with Gasteiger partial charge in [-0.1, -0.05) is 17.7 Å². The van der Waals surface area contributed by atoms with Crippen molar-refractivity contribution in [3.63, 3.8) is 0 Å². The molecule has 0 unspecified atom stereocenters. The third-order valence-electron chi connectivity index (χ3n) is 2.72. The third kappa shape index (κ3) is 2.85. The van der Waals surface area contributed by atoms with E-state index in [2.05, 4.69) is 5.32 Å². The van der Waals surface area contributed by atoms with Gasteiger partial charge in [0.2, 0.25) is 0 Å². The molecule has 0 amide bonds. The lowest BCUT2D eigenvalue weighted by molar-refractivity contribution is 0.416. The molecule has 0 spiro atoms. The summed E-state index contributed by atoms with van der Waals surface area (Å²) in [6.45, 7) is 0. The Morgan fingerprint density at radius 3 is 2.42 bits per heavy atom. The van der Waals surface area contributed by atoms with E-state index in [0.29, 0.717) is 22.2 Å². The van der Waals surface area contributed by atoms with Gasteiger partial charge in [-0.25, -0.2) is 0 Å². The van der Waals surface area contributed by atoms with E-state index in [1.807, 2.05) is 12.1 Å². The number of rotatable bonds is 4. The number of hydrogen-bond acceptors (Lipinski definition) is 4. The fourth-order valence-electron chi connectivity index (χ4n) is 1.75. The van der Waals surface area contributed by atoms with Crippen LogP contribution in [0.5, 0.6) is 11.5 Å². The van der Waals surface area contributed by atoms with E-state index in [0.717, 1.165) is 11.4 Å². The second kappa shape index (κ2) is 5.71. The monoisotopic (exact) mass is 278 g/mol. The highest BCUT2D eigenvalue weighted by Crippen LogP contribution is 2.35. The molecule has 0 bridgehead atoms. The average molecular weight is 279 g/mol. The number of methoxy groups -OCH3 is 2. The number of benzene rings is 2. The van der Waals surface area contributed by atoms with Crippen molar-refractivity contribution in [1.29, 1.82) is 0 Å². The van der Waals surface area contributed by atoms with Gasteiger partial charge in [-0.05, 0) is 30.3 Å². The number of para-hydroxylation sites is 1. The minimum absolute atomic E-state index is 0.534. The summed E-state index contributed by atoms with van der Waals surface area (Å²) < 4.78 is 10.5. The molecule has 0 aliphatic heterocycles. The minimum atomic E-state index is 0.534. The molecule has 0 saturated heterocycles. The first kappa shape index (κ1) is 13.4. The molecule has 0 radical (unpaired) electrons.